The smallest absolute Gasteiger partial charge is 0.409 e. The fraction of sp³-hybridized carbons (Fsp3) is 0.467. The summed E-state index contributed by atoms with van der Waals surface area (Å²) in [6, 6.07) is 5.76. The van der Waals surface area contributed by atoms with Gasteiger partial charge in [0.15, 0.2) is 0 Å². The highest BCUT2D eigenvalue weighted by molar-refractivity contribution is 9.10. The Morgan fingerprint density at radius 3 is 2.57 bits per heavy atom. The number of hydrogen-bond donors (Lipinski definition) is 1. The average molecular weight is 355 g/mol. The van der Waals surface area contributed by atoms with Gasteiger partial charge in [-0.3, -0.25) is 4.79 Å². The van der Waals surface area contributed by atoms with Crippen molar-refractivity contribution in [3.63, 3.8) is 0 Å². The minimum absolute atomic E-state index is 0.0185. The molecule has 21 heavy (non-hydrogen) atoms. The van der Waals surface area contributed by atoms with E-state index in [1.807, 2.05) is 25.1 Å². The van der Waals surface area contributed by atoms with Gasteiger partial charge in [0.05, 0.1) is 7.11 Å². The van der Waals surface area contributed by atoms with E-state index in [4.69, 9.17) is 0 Å². The highest BCUT2D eigenvalue weighted by atomic mass is 79.9. The van der Waals surface area contributed by atoms with Gasteiger partial charge in [-0.15, -0.1) is 0 Å². The van der Waals surface area contributed by atoms with Crippen LogP contribution in [0.1, 0.15) is 18.4 Å². The number of hydrogen-bond acceptors (Lipinski definition) is 3. The third-order valence-electron chi connectivity index (χ3n) is 3.74. The van der Waals surface area contributed by atoms with Crippen molar-refractivity contribution in [1.29, 1.82) is 0 Å². The fourth-order valence-corrected chi connectivity index (χ4v) is 2.93. The van der Waals surface area contributed by atoms with Gasteiger partial charge in [0.1, 0.15) is 0 Å². The Kier molecular flexibility index (Phi) is 5.22. The van der Waals surface area contributed by atoms with Crippen molar-refractivity contribution in [2.75, 3.05) is 25.5 Å². The number of likely N-dealkylation sites (tertiary alicyclic amines) is 1. The molecule has 1 aromatic carbocycles. The summed E-state index contributed by atoms with van der Waals surface area (Å²) in [4.78, 5) is 25.3. The van der Waals surface area contributed by atoms with Crippen LogP contribution in [0.25, 0.3) is 0 Å². The molecule has 0 saturated carbocycles. The summed E-state index contributed by atoms with van der Waals surface area (Å²) in [7, 11) is 1.37. The van der Waals surface area contributed by atoms with E-state index in [2.05, 4.69) is 26.0 Å². The zero-order chi connectivity index (χ0) is 15.4. The molecule has 2 amide bonds. The molecular weight excluding hydrogens is 336 g/mol. The largest absolute Gasteiger partial charge is 0.453 e. The highest BCUT2D eigenvalue weighted by Gasteiger charge is 2.27. The van der Waals surface area contributed by atoms with E-state index in [0.717, 1.165) is 15.7 Å². The maximum atomic E-state index is 12.3. The average Bonchev–Trinajstić information content (AvgIpc) is 2.49. The number of methoxy groups -OCH3 is 1. The quantitative estimate of drug-likeness (QED) is 0.887. The molecule has 0 bridgehead atoms. The van der Waals surface area contributed by atoms with Crippen molar-refractivity contribution in [3.05, 3.63) is 28.2 Å². The maximum Gasteiger partial charge on any atom is 0.409 e. The van der Waals surface area contributed by atoms with E-state index < -0.39 is 0 Å². The van der Waals surface area contributed by atoms with Gasteiger partial charge in [0, 0.05) is 29.2 Å². The minimum Gasteiger partial charge on any atom is -0.453 e. The zero-order valence-corrected chi connectivity index (χ0v) is 13.8. The second-order valence-corrected chi connectivity index (χ2v) is 6.10. The number of ether oxygens (including phenoxy) is 1. The molecule has 0 unspecified atom stereocenters. The lowest BCUT2D eigenvalue weighted by atomic mass is 9.96. The summed E-state index contributed by atoms with van der Waals surface area (Å²) >= 11 is 3.40. The molecule has 0 aliphatic carbocycles. The van der Waals surface area contributed by atoms with Gasteiger partial charge < -0.3 is 15.0 Å². The van der Waals surface area contributed by atoms with Gasteiger partial charge in [0.25, 0.3) is 0 Å². The van der Waals surface area contributed by atoms with Crippen LogP contribution in [0, 0.1) is 12.8 Å². The Labute approximate surface area is 132 Å². The van der Waals surface area contributed by atoms with Gasteiger partial charge in [-0.25, -0.2) is 4.79 Å². The summed E-state index contributed by atoms with van der Waals surface area (Å²) < 4.78 is 5.68. The Hall–Kier alpha value is -1.56. The summed E-state index contributed by atoms with van der Waals surface area (Å²) in [5.74, 6) is -0.0427. The first-order chi connectivity index (χ1) is 10.0. The first kappa shape index (κ1) is 15.8. The second kappa shape index (κ2) is 6.93. The van der Waals surface area contributed by atoms with Crippen molar-refractivity contribution < 1.29 is 14.3 Å². The monoisotopic (exact) mass is 354 g/mol. The summed E-state index contributed by atoms with van der Waals surface area (Å²) in [5, 5.41) is 2.97. The zero-order valence-electron chi connectivity index (χ0n) is 12.2. The predicted molar refractivity (Wildman–Crippen MR) is 84.2 cm³/mol. The van der Waals surface area contributed by atoms with Crippen molar-refractivity contribution >= 4 is 33.6 Å². The third kappa shape index (κ3) is 3.97. The van der Waals surface area contributed by atoms with Crippen molar-refractivity contribution in [2.24, 2.45) is 5.92 Å². The second-order valence-electron chi connectivity index (χ2n) is 5.18. The predicted octanol–water partition coefficient (Wildman–Crippen LogP) is 3.17. The molecule has 0 spiro atoms. The minimum atomic E-state index is -0.322. The highest BCUT2D eigenvalue weighted by Crippen LogP contribution is 2.23. The number of anilines is 1. The van der Waals surface area contributed by atoms with Gasteiger partial charge in [-0.1, -0.05) is 15.9 Å². The lowest BCUT2D eigenvalue weighted by Crippen LogP contribution is -2.41. The topological polar surface area (TPSA) is 58.6 Å². The number of aryl methyl sites for hydroxylation is 1. The van der Waals surface area contributed by atoms with Gasteiger partial charge in [-0.2, -0.15) is 0 Å². The van der Waals surface area contributed by atoms with Crippen molar-refractivity contribution in [1.82, 2.24) is 4.90 Å². The van der Waals surface area contributed by atoms with Crippen LogP contribution in [-0.4, -0.2) is 37.1 Å². The number of piperidine rings is 1. The number of amides is 2. The lowest BCUT2D eigenvalue weighted by Gasteiger charge is -2.30. The molecule has 2 rings (SSSR count). The molecule has 0 atom stereocenters. The van der Waals surface area contributed by atoms with Crippen molar-refractivity contribution in [3.8, 4) is 0 Å². The van der Waals surface area contributed by atoms with Crippen LogP contribution in [-0.2, 0) is 9.53 Å². The van der Waals surface area contributed by atoms with Crippen LogP contribution in [0.5, 0.6) is 0 Å². The van der Waals surface area contributed by atoms with Gasteiger partial charge >= 0.3 is 6.09 Å². The Morgan fingerprint density at radius 1 is 1.33 bits per heavy atom. The molecule has 1 aliphatic heterocycles. The van der Waals surface area contributed by atoms with E-state index in [1.165, 1.54) is 7.11 Å². The molecule has 1 aromatic rings. The molecular formula is C15H19BrN2O3. The number of carbonyl (C=O) groups is 2. The summed E-state index contributed by atoms with van der Waals surface area (Å²) in [6.07, 6.45) is 1.00. The van der Waals surface area contributed by atoms with E-state index in [1.54, 1.807) is 4.90 Å². The van der Waals surface area contributed by atoms with Crippen LogP contribution in [0.4, 0.5) is 10.5 Å². The molecule has 1 heterocycles. The standard InChI is InChI=1S/C15H19BrN2O3/c1-10-9-12(16)3-4-13(10)17-14(19)11-5-7-18(8-6-11)15(20)21-2/h3-4,9,11H,5-8H2,1-2H3,(H,17,19). The molecule has 6 heteroatoms. The lowest BCUT2D eigenvalue weighted by molar-refractivity contribution is -0.121. The number of carbonyl (C=O) groups excluding carboxylic acids is 2. The first-order valence-corrected chi connectivity index (χ1v) is 7.70. The normalized spacial score (nSPS) is 15.7. The molecule has 0 radical (unpaired) electrons. The molecule has 1 N–H and O–H groups in total. The number of benzene rings is 1. The first-order valence-electron chi connectivity index (χ1n) is 6.91. The molecule has 1 fully saturated rings. The molecule has 114 valence electrons. The summed E-state index contributed by atoms with van der Waals surface area (Å²) in [6.45, 7) is 3.08. The number of nitrogens with one attached hydrogen (secondary N) is 1. The van der Waals surface area contributed by atoms with E-state index in [0.29, 0.717) is 25.9 Å². The van der Waals surface area contributed by atoms with E-state index in [-0.39, 0.29) is 17.9 Å². The number of rotatable bonds is 2. The molecule has 0 aromatic heterocycles. The fourth-order valence-electron chi connectivity index (χ4n) is 2.46. The number of halogens is 1. The van der Waals surface area contributed by atoms with Crippen LogP contribution < -0.4 is 5.32 Å². The number of nitrogens with zero attached hydrogens (tertiary/aromatic N) is 1. The van der Waals surface area contributed by atoms with Crippen LogP contribution in [0.15, 0.2) is 22.7 Å². The van der Waals surface area contributed by atoms with Gasteiger partial charge in [-0.05, 0) is 43.5 Å². The Balaban J connectivity index is 1.92. The van der Waals surface area contributed by atoms with Crippen LogP contribution in [0.3, 0.4) is 0 Å². The summed E-state index contributed by atoms with van der Waals surface area (Å²) in [5.41, 5.74) is 1.85. The molecule has 1 aliphatic rings. The third-order valence-corrected chi connectivity index (χ3v) is 4.24. The van der Waals surface area contributed by atoms with Crippen LogP contribution in [0.2, 0.25) is 0 Å². The Morgan fingerprint density at radius 2 is 2.00 bits per heavy atom. The van der Waals surface area contributed by atoms with E-state index >= 15 is 0 Å². The van der Waals surface area contributed by atoms with Crippen LogP contribution >= 0.6 is 15.9 Å². The Bertz CT molecular complexity index is 540. The molecule has 1 saturated heterocycles. The SMILES string of the molecule is COC(=O)N1CCC(C(=O)Nc2ccc(Br)cc2C)CC1. The van der Waals surface area contributed by atoms with E-state index in [9.17, 15) is 9.59 Å². The van der Waals surface area contributed by atoms with Crippen molar-refractivity contribution in [2.45, 2.75) is 19.8 Å². The molecule has 5 nitrogen and oxygen atoms in total. The maximum absolute atomic E-state index is 12.3. The van der Waals surface area contributed by atoms with Gasteiger partial charge in [0.2, 0.25) is 5.91 Å².